The van der Waals surface area contributed by atoms with Gasteiger partial charge in [-0.2, -0.15) is 0 Å². The van der Waals surface area contributed by atoms with E-state index < -0.39 is 0 Å². The number of nitrogens with one attached hydrogen (secondary N) is 1. The minimum Gasteiger partial charge on any atom is -0.338 e. The van der Waals surface area contributed by atoms with Crippen molar-refractivity contribution in [2.75, 3.05) is 32.1 Å². The number of carbonyl (C=O) groups excluding carboxylic acids is 2. The molecule has 0 bridgehead atoms. The Morgan fingerprint density at radius 3 is 2.77 bits per heavy atom. The van der Waals surface area contributed by atoms with Gasteiger partial charge in [-0.15, -0.1) is 0 Å². The number of hydrogen-bond acceptors (Lipinski definition) is 3. The van der Waals surface area contributed by atoms with E-state index in [0.717, 1.165) is 25.1 Å². The monoisotopic (exact) mass is 303 g/mol. The number of anilines is 1. The lowest BCUT2D eigenvalue weighted by atomic mass is 9.93. The van der Waals surface area contributed by atoms with Gasteiger partial charge in [0, 0.05) is 24.6 Å². The van der Waals surface area contributed by atoms with E-state index in [1.165, 1.54) is 0 Å². The summed E-state index contributed by atoms with van der Waals surface area (Å²) in [5, 5.41) is 2.98. The van der Waals surface area contributed by atoms with Gasteiger partial charge in [-0.25, -0.2) is 4.79 Å². The van der Waals surface area contributed by atoms with Crippen molar-refractivity contribution < 1.29 is 9.59 Å². The van der Waals surface area contributed by atoms with Gasteiger partial charge in [-0.3, -0.25) is 9.69 Å². The highest BCUT2D eigenvalue weighted by atomic mass is 16.2. The average Bonchev–Trinajstić information content (AvgIpc) is 2.51. The molecule has 1 aliphatic rings. The molecule has 0 saturated heterocycles. The molecule has 22 heavy (non-hydrogen) atoms. The smallest absolute Gasteiger partial charge is 0.322 e. The predicted octanol–water partition coefficient (Wildman–Crippen LogP) is 2.52. The highest BCUT2D eigenvalue weighted by molar-refractivity contribution is 6.09. The fraction of sp³-hybridized carbons (Fsp3) is 0.529. The Balaban J connectivity index is 2.11. The fourth-order valence-corrected chi connectivity index (χ4v) is 2.81. The van der Waals surface area contributed by atoms with Gasteiger partial charge in [0.25, 0.3) is 0 Å². The summed E-state index contributed by atoms with van der Waals surface area (Å²) in [4.78, 5) is 28.6. The molecule has 0 aliphatic carbocycles. The summed E-state index contributed by atoms with van der Waals surface area (Å²) in [6, 6.07) is 7.21. The zero-order chi connectivity index (χ0) is 16.1. The fourth-order valence-electron chi connectivity index (χ4n) is 2.81. The zero-order valence-electron chi connectivity index (χ0n) is 13.6. The summed E-state index contributed by atoms with van der Waals surface area (Å²) in [6.45, 7) is 3.59. The number of ketones is 1. The summed E-state index contributed by atoms with van der Waals surface area (Å²) in [5.41, 5.74) is 1.38. The third-order valence-electron chi connectivity index (χ3n) is 4.00. The molecule has 1 aromatic carbocycles. The van der Waals surface area contributed by atoms with Gasteiger partial charge in [0.05, 0.1) is 5.69 Å². The lowest BCUT2D eigenvalue weighted by Crippen LogP contribution is -2.50. The Kier molecular flexibility index (Phi) is 5.55. The Morgan fingerprint density at radius 2 is 2.09 bits per heavy atom. The molecule has 0 aromatic heterocycles. The number of carbonyl (C=O) groups is 2. The van der Waals surface area contributed by atoms with Gasteiger partial charge in [0.15, 0.2) is 5.78 Å². The van der Waals surface area contributed by atoms with Gasteiger partial charge in [0.2, 0.25) is 0 Å². The van der Waals surface area contributed by atoms with Crippen molar-refractivity contribution in [1.29, 1.82) is 0 Å². The minimum absolute atomic E-state index is 0.0590. The summed E-state index contributed by atoms with van der Waals surface area (Å²) in [7, 11) is 4.03. The normalized spacial score (nSPS) is 17.5. The van der Waals surface area contributed by atoms with E-state index in [-0.39, 0.29) is 17.9 Å². The van der Waals surface area contributed by atoms with Crippen LogP contribution < -0.4 is 10.2 Å². The van der Waals surface area contributed by atoms with Crippen LogP contribution in [0.5, 0.6) is 0 Å². The standard InChI is InChI=1S/C17H25N3O2/c1-4-13-12-16(21)14-8-5-6-9-15(14)20(13)17(22)18-10-7-11-19(2)3/h5-6,8-9,13H,4,7,10-12H2,1-3H3,(H,18,22). The maximum absolute atomic E-state index is 12.6. The van der Waals surface area contributed by atoms with Crippen LogP contribution in [-0.2, 0) is 0 Å². The molecule has 0 fully saturated rings. The molecule has 1 atom stereocenters. The second-order valence-electron chi connectivity index (χ2n) is 5.97. The van der Waals surface area contributed by atoms with E-state index in [9.17, 15) is 9.59 Å². The van der Waals surface area contributed by atoms with Crippen LogP contribution in [-0.4, -0.2) is 49.9 Å². The Bertz CT molecular complexity index is 542. The molecule has 0 saturated carbocycles. The van der Waals surface area contributed by atoms with Crippen LogP contribution in [0.4, 0.5) is 10.5 Å². The average molecular weight is 303 g/mol. The number of nitrogens with zero attached hydrogens (tertiary/aromatic N) is 2. The van der Waals surface area contributed by atoms with E-state index in [2.05, 4.69) is 10.2 Å². The topological polar surface area (TPSA) is 52.7 Å². The first-order valence-electron chi connectivity index (χ1n) is 7.88. The maximum atomic E-state index is 12.6. The van der Waals surface area contributed by atoms with Crippen molar-refractivity contribution in [3.05, 3.63) is 29.8 Å². The quantitative estimate of drug-likeness (QED) is 0.850. The van der Waals surface area contributed by atoms with E-state index in [0.29, 0.717) is 18.5 Å². The van der Waals surface area contributed by atoms with Gasteiger partial charge >= 0.3 is 6.03 Å². The molecule has 120 valence electrons. The minimum atomic E-state index is -0.106. The first-order chi connectivity index (χ1) is 10.5. The summed E-state index contributed by atoms with van der Waals surface area (Å²) in [6.07, 6.45) is 2.08. The van der Waals surface area contributed by atoms with Crippen molar-refractivity contribution in [2.24, 2.45) is 0 Å². The number of para-hydroxylation sites is 1. The number of hydrogen-bond donors (Lipinski definition) is 1. The third-order valence-corrected chi connectivity index (χ3v) is 4.00. The summed E-state index contributed by atoms with van der Waals surface area (Å²) >= 11 is 0. The lowest BCUT2D eigenvalue weighted by molar-refractivity contribution is 0.0967. The molecule has 5 nitrogen and oxygen atoms in total. The number of urea groups is 1. The van der Waals surface area contributed by atoms with Crippen molar-refractivity contribution in [1.82, 2.24) is 10.2 Å². The van der Waals surface area contributed by atoms with E-state index in [1.54, 1.807) is 11.0 Å². The Morgan fingerprint density at radius 1 is 1.36 bits per heavy atom. The maximum Gasteiger partial charge on any atom is 0.322 e. The van der Waals surface area contributed by atoms with Gasteiger partial charge in [0.1, 0.15) is 0 Å². The highest BCUT2D eigenvalue weighted by Crippen LogP contribution is 2.31. The lowest BCUT2D eigenvalue weighted by Gasteiger charge is -2.36. The molecule has 2 amide bonds. The molecule has 0 radical (unpaired) electrons. The summed E-state index contributed by atoms with van der Waals surface area (Å²) < 4.78 is 0. The Labute approximate surface area is 132 Å². The molecule has 0 spiro atoms. The molecule has 1 N–H and O–H groups in total. The first-order valence-corrected chi connectivity index (χ1v) is 7.88. The van der Waals surface area contributed by atoms with Crippen LogP contribution in [0.25, 0.3) is 0 Å². The molecule has 2 rings (SSSR count). The second kappa shape index (κ2) is 7.40. The van der Waals surface area contributed by atoms with Crippen LogP contribution in [0.2, 0.25) is 0 Å². The molecular formula is C17H25N3O2. The zero-order valence-corrected chi connectivity index (χ0v) is 13.6. The number of rotatable bonds is 5. The predicted molar refractivity (Wildman–Crippen MR) is 88.5 cm³/mol. The van der Waals surface area contributed by atoms with Crippen molar-refractivity contribution in [3.8, 4) is 0 Å². The molecule has 1 aromatic rings. The van der Waals surface area contributed by atoms with Gasteiger partial charge < -0.3 is 10.2 Å². The highest BCUT2D eigenvalue weighted by Gasteiger charge is 2.33. The van der Waals surface area contributed by atoms with Crippen LogP contribution in [0.3, 0.4) is 0 Å². The van der Waals surface area contributed by atoms with E-state index in [1.807, 2.05) is 39.2 Å². The Hall–Kier alpha value is -1.88. The van der Waals surface area contributed by atoms with Crippen LogP contribution in [0.1, 0.15) is 36.5 Å². The molecule has 1 heterocycles. The van der Waals surface area contributed by atoms with E-state index >= 15 is 0 Å². The summed E-state index contributed by atoms with van der Waals surface area (Å²) in [5.74, 6) is 0.124. The molecule has 1 aliphatic heterocycles. The van der Waals surface area contributed by atoms with Crippen LogP contribution in [0.15, 0.2) is 24.3 Å². The van der Waals surface area contributed by atoms with E-state index in [4.69, 9.17) is 0 Å². The number of fused-ring (bicyclic) bond motifs is 1. The second-order valence-corrected chi connectivity index (χ2v) is 5.97. The molecular weight excluding hydrogens is 278 g/mol. The van der Waals surface area contributed by atoms with Crippen molar-refractivity contribution in [3.63, 3.8) is 0 Å². The number of amides is 2. The van der Waals surface area contributed by atoms with Crippen molar-refractivity contribution >= 4 is 17.5 Å². The van der Waals surface area contributed by atoms with Crippen molar-refractivity contribution in [2.45, 2.75) is 32.2 Å². The number of benzene rings is 1. The van der Waals surface area contributed by atoms with Crippen LogP contribution >= 0.6 is 0 Å². The molecule has 1 unspecified atom stereocenters. The molecule has 5 heteroatoms. The first kappa shape index (κ1) is 16.5. The van der Waals surface area contributed by atoms with Gasteiger partial charge in [-0.05, 0) is 45.6 Å². The SMILES string of the molecule is CCC1CC(=O)c2ccccc2N1C(=O)NCCCN(C)C. The largest absolute Gasteiger partial charge is 0.338 e. The third kappa shape index (κ3) is 3.65. The number of Topliss-reactive ketones (excluding diaryl/α,β-unsaturated/α-hetero) is 1. The van der Waals surface area contributed by atoms with Crippen LogP contribution in [0, 0.1) is 0 Å². The van der Waals surface area contributed by atoms with Gasteiger partial charge in [-0.1, -0.05) is 19.1 Å².